The van der Waals surface area contributed by atoms with Crippen LogP contribution in [0.4, 0.5) is 5.69 Å². The summed E-state index contributed by atoms with van der Waals surface area (Å²) in [6.07, 6.45) is 1.26. The number of nitrogens with one attached hydrogen (secondary N) is 1. The van der Waals surface area contributed by atoms with Gasteiger partial charge in [0.25, 0.3) is 11.8 Å². The van der Waals surface area contributed by atoms with Gasteiger partial charge in [-0.1, -0.05) is 29.3 Å². The molecule has 0 spiro atoms. The molecule has 2 amide bonds. The van der Waals surface area contributed by atoms with E-state index in [4.69, 9.17) is 35.4 Å². The molecule has 0 radical (unpaired) electrons. The molecule has 2 N–H and O–H groups in total. The molecular formula is C17H10Cl2N2O3S. The van der Waals surface area contributed by atoms with Crippen molar-refractivity contribution >= 4 is 64.1 Å². The van der Waals surface area contributed by atoms with Crippen LogP contribution in [-0.4, -0.2) is 22.0 Å². The Hall–Kier alpha value is -2.41. The van der Waals surface area contributed by atoms with Crippen LogP contribution in [-0.2, 0) is 9.59 Å². The number of nitrogens with zero attached hydrogens (tertiary/aromatic N) is 1. The molecule has 5 nitrogen and oxygen atoms in total. The Morgan fingerprint density at radius 2 is 1.80 bits per heavy atom. The van der Waals surface area contributed by atoms with Gasteiger partial charge in [-0.25, -0.2) is 0 Å². The van der Waals surface area contributed by atoms with Crippen molar-refractivity contribution < 1.29 is 14.7 Å². The van der Waals surface area contributed by atoms with Crippen molar-refractivity contribution in [3.8, 4) is 5.75 Å². The number of phenols is 1. The fourth-order valence-corrected chi connectivity index (χ4v) is 2.95. The lowest BCUT2D eigenvalue weighted by Gasteiger charge is -2.29. The third-order valence-corrected chi connectivity index (χ3v) is 4.21. The van der Waals surface area contributed by atoms with Crippen LogP contribution in [0.15, 0.2) is 48.0 Å². The number of carbonyl (C=O) groups excluding carboxylic acids is 2. The minimum Gasteiger partial charge on any atom is -0.507 e. The predicted octanol–water partition coefficient (Wildman–Crippen LogP) is 3.53. The molecule has 2 aromatic carbocycles. The van der Waals surface area contributed by atoms with E-state index in [9.17, 15) is 14.7 Å². The lowest BCUT2D eigenvalue weighted by atomic mass is 10.1. The highest BCUT2D eigenvalue weighted by Crippen LogP contribution is 2.27. The SMILES string of the molecule is O=C1NC(=S)N(c2cccc(Cl)c2)C(=O)C1=Cc1cc(Cl)ccc1O. The van der Waals surface area contributed by atoms with Crippen molar-refractivity contribution in [2.24, 2.45) is 0 Å². The average Bonchev–Trinajstić information content (AvgIpc) is 2.54. The van der Waals surface area contributed by atoms with Gasteiger partial charge in [-0.15, -0.1) is 0 Å². The number of thiocarbonyl (C=S) groups is 1. The molecule has 0 saturated carbocycles. The summed E-state index contributed by atoms with van der Waals surface area (Å²) in [6.45, 7) is 0. The monoisotopic (exact) mass is 392 g/mol. The molecule has 126 valence electrons. The zero-order valence-electron chi connectivity index (χ0n) is 12.5. The van der Waals surface area contributed by atoms with Crippen LogP contribution in [0.25, 0.3) is 6.08 Å². The summed E-state index contributed by atoms with van der Waals surface area (Å²) in [5.74, 6) is -1.40. The summed E-state index contributed by atoms with van der Waals surface area (Å²) < 4.78 is 0. The number of carbonyl (C=O) groups is 2. The van der Waals surface area contributed by atoms with Gasteiger partial charge in [0, 0.05) is 15.6 Å². The van der Waals surface area contributed by atoms with Gasteiger partial charge >= 0.3 is 0 Å². The second kappa shape index (κ2) is 6.84. The minimum atomic E-state index is -0.660. The number of anilines is 1. The quantitative estimate of drug-likeness (QED) is 0.465. The molecule has 1 heterocycles. The van der Waals surface area contributed by atoms with E-state index in [1.165, 1.54) is 24.3 Å². The van der Waals surface area contributed by atoms with Gasteiger partial charge in [-0.2, -0.15) is 0 Å². The van der Waals surface area contributed by atoms with E-state index in [0.29, 0.717) is 15.7 Å². The van der Waals surface area contributed by atoms with E-state index in [-0.39, 0.29) is 22.0 Å². The Bertz CT molecular complexity index is 943. The number of amides is 2. The summed E-state index contributed by atoms with van der Waals surface area (Å²) in [7, 11) is 0. The molecule has 1 aliphatic heterocycles. The maximum Gasteiger partial charge on any atom is 0.270 e. The Kier molecular flexibility index (Phi) is 4.76. The van der Waals surface area contributed by atoms with Gasteiger partial charge in [0.05, 0.1) is 5.69 Å². The van der Waals surface area contributed by atoms with Gasteiger partial charge in [0.1, 0.15) is 11.3 Å². The summed E-state index contributed by atoms with van der Waals surface area (Å²) in [6, 6.07) is 10.8. The molecule has 0 atom stereocenters. The molecule has 8 heteroatoms. The van der Waals surface area contributed by atoms with Crippen molar-refractivity contribution in [3.63, 3.8) is 0 Å². The highest BCUT2D eigenvalue weighted by Gasteiger charge is 2.34. The minimum absolute atomic E-state index is 0.0512. The molecule has 1 aliphatic rings. The van der Waals surface area contributed by atoms with E-state index in [1.807, 2.05) is 0 Å². The van der Waals surface area contributed by atoms with Crippen molar-refractivity contribution in [2.45, 2.75) is 0 Å². The maximum atomic E-state index is 12.8. The predicted molar refractivity (Wildman–Crippen MR) is 101 cm³/mol. The van der Waals surface area contributed by atoms with Crippen LogP contribution in [0, 0.1) is 0 Å². The molecular weight excluding hydrogens is 383 g/mol. The Morgan fingerprint density at radius 3 is 2.52 bits per heavy atom. The molecule has 1 fully saturated rings. The Morgan fingerprint density at radius 1 is 1.08 bits per heavy atom. The fourth-order valence-electron chi connectivity index (χ4n) is 2.30. The van der Waals surface area contributed by atoms with Crippen LogP contribution in [0.3, 0.4) is 0 Å². The highest BCUT2D eigenvalue weighted by molar-refractivity contribution is 7.80. The summed E-state index contributed by atoms with van der Waals surface area (Å²) in [4.78, 5) is 26.2. The van der Waals surface area contributed by atoms with E-state index in [1.54, 1.807) is 24.3 Å². The van der Waals surface area contributed by atoms with E-state index in [0.717, 1.165) is 4.90 Å². The number of halogens is 2. The third-order valence-electron chi connectivity index (χ3n) is 3.46. The summed E-state index contributed by atoms with van der Waals surface area (Å²) in [5, 5.41) is 13.1. The number of rotatable bonds is 2. The number of hydrogen-bond acceptors (Lipinski definition) is 4. The second-order valence-electron chi connectivity index (χ2n) is 5.14. The standard InChI is InChI=1S/C17H10Cl2N2O3S/c18-10-2-1-3-12(8-10)21-16(24)13(15(23)20-17(21)25)7-9-6-11(19)4-5-14(9)22/h1-8,22H,(H,20,23,25). The summed E-state index contributed by atoms with van der Waals surface area (Å²) in [5.41, 5.74) is 0.472. The Balaban J connectivity index is 2.07. The lowest BCUT2D eigenvalue weighted by Crippen LogP contribution is -2.54. The number of hydrogen-bond donors (Lipinski definition) is 2. The average molecular weight is 393 g/mol. The van der Waals surface area contributed by atoms with Gasteiger partial charge in [0.2, 0.25) is 0 Å². The number of aromatic hydroxyl groups is 1. The summed E-state index contributed by atoms with van der Waals surface area (Å²) >= 11 is 17.0. The zero-order chi connectivity index (χ0) is 18.1. The normalized spacial score (nSPS) is 16.3. The first kappa shape index (κ1) is 17.4. The zero-order valence-corrected chi connectivity index (χ0v) is 14.8. The molecule has 0 aliphatic carbocycles. The van der Waals surface area contributed by atoms with Gasteiger partial charge in [0.15, 0.2) is 5.11 Å². The first-order valence-corrected chi connectivity index (χ1v) is 8.19. The van der Waals surface area contributed by atoms with E-state index >= 15 is 0 Å². The van der Waals surface area contributed by atoms with Crippen molar-refractivity contribution in [2.75, 3.05) is 4.90 Å². The van der Waals surface area contributed by atoms with Crippen LogP contribution in [0.5, 0.6) is 5.75 Å². The fraction of sp³-hybridized carbons (Fsp3) is 0. The maximum absolute atomic E-state index is 12.8. The topological polar surface area (TPSA) is 69.6 Å². The van der Waals surface area contributed by atoms with E-state index < -0.39 is 11.8 Å². The van der Waals surface area contributed by atoms with Crippen LogP contribution < -0.4 is 10.2 Å². The van der Waals surface area contributed by atoms with Crippen LogP contribution in [0.1, 0.15) is 5.56 Å². The number of benzene rings is 2. The van der Waals surface area contributed by atoms with Crippen molar-refractivity contribution in [3.05, 3.63) is 63.6 Å². The van der Waals surface area contributed by atoms with Crippen LogP contribution >= 0.6 is 35.4 Å². The van der Waals surface area contributed by atoms with Gasteiger partial charge < -0.3 is 5.11 Å². The molecule has 25 heavy (non-hydrogen) atoms. The molecule has 0 unspecified atom stereocenters. The first-order valence-electron chi connectivity index (χ1n) is 7.02. The van der Waals surface area contributed by atoms with Crippen molar-refractivity contribution in [1.82, 2.24) is 5.32 Å². The van der Waals surface area contributed by atoms with Gasteiger partial charge in [-0.3, -0.25) is 19.8 Å². The largest absolute Gasteiger partial charge is 0.507 e. The van der Waals surface area contributed by atoms with Crippen LogP contribution in [0.2, 0.25) is 10.0 Å². The molecule has 1 saturated heterocycles. The van der Waals surface area contributed by atoms with Gasteiger partial charge in [-0.05, 0) is 54.7 Å². The second-order valence-corrected chi connectivity index (χ2v) is 6.40. The third kappa shape index (κ3) is 3.51. The molecule has 2 aromatic rings. The molecule has 0 aromatic heterocycles. The van der Waals surface area contributed by atoms with Crippen molar-refractivity contribution in [1.29, 1.82) is 0 Å². The first-order chi connectivity index (χ1) is 11.9. The number of phenolic OH excluding ortho intramolecular Hbond substituents is 1. The smallest absolute Gasteiger partial charge is 0.270 e. The lowest BCUT2D eigenvalue weighted by molar-refractivity contribution is -0.122. The van der Waals surface area contributed by atoms with E-state index in [2.05, 4.69) is 5.32 Å². The highest BCUT2D eigenvalue weighted by atomic mass is 35.5. The molecule has 0 bridgehead atoms. The Labute approximate surface area is 158 Å². The molecule has 3 rings (SSSR count).